The van der Waals surface area contributed by atoms with Crippen molar-refractivity contribution in [3.63, 3.8) is 0 Å². The smallest absolute Gasteiger partial charge is 0.234 e. The number of anilines is 1. The number of carbonyl (C=O) groups excluding carboxylic acids is 1. The largest absolute Gasteiger partial charge is 0.489 e. The number of hydrogen-bond donors (Lipinski definition) is 2. The molecule has 1 aliphatic rings. The fraction of sp³-hybridized carbons (Fsp3) is 0.350. The summed E-state index contributed by atoms with van der Waals surface area (Å²) in [5.74, 6) is 0.772. The minimum absolute atomic E-state index is 0.00250. The zero-order valence-corrected chi connectivity index (χ0v) is 14.5. The molecule has 1 aliphatic heterocycles. The SMILES string of the molecule is COCC1(C(=O)Nc2ccc(OCc3ccccc3)cc2)CCNC1. The first kappa shape index (κ1) is 17.5. The van der Waals surface area contributed by atoms with Crippen molar-refractivity contribution < 1.29 is 14.3 Å². The highest BCUT2D eigenvalue weighted by molar-refractivity contribution is 5.96. The fourth-order valence-electron chi connectivity index (χ4n) is 3.04. The van der Waals surface area contributed by atoms with Gasteiger partial charge in [0, 0.05) is 19.3 Å². The van der Waals surface area contributed by atoms with Crippen LogP contribution in [0.2, 0.25) is 0 Å². The third-order valence-corrected chi connectivity index (χ3v) is 4.51. The Labute approximate surface area is 148 Å². The molecule has 2 aromatic rings. The summed E-state index contributed by atoms with van der Waals surface area (Å²) >= 11 is 0. The van der Waals surface area contributed by atoms with Crippen LogP contribution in [0.15, 0.2) is 54.6 Å². The van der Waals surface area contributed by atoms with Gasteiger partial charge in [-0.15, -0.1) is 0 Å². The molecule has 25 heavy (non-hydrogen) atoms. The normalized spacial score (nSPS) is 19.6. The van der Waals surface area contributed by atoms with E-state index in [1.807, 2.05) is 54.6 Å². The van der Waals surface area contributed by atoms with Crippen molar-refractivity contribution in [3.05, 3.63) is 60.2 Å². The molecule has 5 heteroatoms. The van der Waals surface area contributed by atoms with E-state index in [4.69, 9.17) is 9.47 Å². The molecule has 1 heterocycles. The lowest BCUT2D eigenvalue weighted by Crippen LogP contribution is -2.41. The van der Waals surface area contributed by atoms with Gasteiger partial charge in [-0.1, -0.05) is 30.3 Å². The Hall–Kier alpha value is -2.37. The summed E-state index contributed by atoms with van der Waals surface area (Å²) in [5.41, 5.74) is 1.39. The van der Waals surface area contributed by atoms with Gasteiger partial charge in [-0.25, -0.2) is 0 Å². The number of ether oxygens (including phenoxy) is 2. The van der Waals surface area contributed by atoms with Crippen LogP contribution in [-0.2, 0) is 16.1 Å². The molecule has 1 saturated heterocycles. The minimum Gasteiger partial charge on any atom is -0.489 e. The molecule has 5 nitrogen and oxygen atoms in total. The summed E-state index contributed by atoms with van der Waals surface area (Å²) in [6.45, 7) is 2.42. The van der Waals surface area contributed by atoms with Gasteiger partial charge >= 0.3 is 0 Å². The Morgan fingerprint density at radius 1 is 1.16 bits per heavy atom. The molecule has 1 amide bonds. The summed E-state index contributed by atoms with van der Waals surface area (Å²) in [6, 6.07) is 17.5. The highest BCUT2D eigenvalue weighted by Crippen LogP contribution is 2.28. The zero-order valence-electron chi connectivity index (χ0n) is 14.5. The summed E-state index contributed by atoms with van der Waals surface area (Å²) in [6.07, 6.45) is 0.783. The Morgan fingerprint density at radius 2 is 1.92 bits per heavy atom. The van der Waals surface area contributed by atoms with Gasteiger partial charge in [0.05, 0.1) is 12.0 Å². The zero-order chi connectivity index (χ0) is 17.5. The minimum atomic E-state index is -0.489. The van der Waals surface area contributed by atoms with Crippen LogP contribution >= 0.6 is 0 Å². The van der Waals surface area contributed by atoms with Crippen LogP contribution < -0.4 is 15.4 Å². The quantitative estimate of drug-likeness (QED) is 0.814. The molecule has 132 valence electrons. The van der Waals surface area contributed by atoms with E-state index in [1.165, 1.54) is 0 Å². The van der Waals surface area contributed by atoms with E-state index in [1.54, 1.807) is 7.11 Å². The van der Waals surface area contributed by atoms with Crippen molar-refractivity contribution >= 4 is 11.6 Å². The number of amides is 1. The van der Waals surface area contributed by atoms with Gasteiger partial charge in [0.15, 0.2) is 0 Å². The van der Waals surface area contributed by atoms with Crippen LogP contribution in [0, 0.1) is 5.41 Å². The lowest BCUT2D eigenvalue weighted by atomic mass is 9.87. The lowest BCUT2D eigenvalue weighted by molar-refractivity contribution is -0.127. The number of carbonyl (C=O) groups is 1. The maximum absolute atomic E-state index is 12.7. The van der Waals surface area contributed by atoms with E-state index in [2.05, 4.69) is 10.6 Å². The number of methoxy groups -OCH3 is 1. The summed E-state index contributed by atoms with van der Waals surface area (Å²) in [7, 11) is 1.63. The van der Waals surface area contributed by atoms with Crippen molar-refractivity contribution in [2.24, 2.45) is 5.41 Å². The van der Waals surface area contributed by atoms with Crippen molar-refractivity contribution in [2.75, 3.05) is 32.1 Å². The Kier molecular flexibility index (Phi) is 5.68. The molecular formula is C20H24N2O3. The molecule has 2 aromatic carbocycles. The number of rotatable bonds is 7. The molecule has 1 unspecified atom stereocenters. The van der Waals surface area contributed by atoms with Gasteiger partial charge in [-0.05, 0) is 42.8 Å². The number of hydrogen-bond acceptors (Lipinski definition) is 4. The van der Waals surface area contributed by atoms with E-state index in [0.29, 0.717) is 19.8 Å². The second-order valence-corrected chi connectivity index (χ2v) is 6.39. The van der Waals surface area contributed by atoms with Gasteiger partial charge < -0.3 is 20.1 Å². The molecule has 2 N–H and O–H groups in total. The van der Waals surface area contributed by atoms with E-state index in [0.717, 1.165) is 30.0 Å². The topological polar surface area (TPSA) is 59.6 Å². The Balaban J connectivity index is 1.57. The first-order valence-corrected chi connectivity index (χ1v) is 8.50. The molecule has 0 radical (unpaired) electrons. The highest BCUT2D eigenvalue weighted by atomic mass is 16.5. The Bertz CT molecular complexity index is 680. The van der Waals surface area contributed by atoms with Crippen molar-refractivity contribution in [3.8, 4) is 5.75 Å². The van der Waals surface area contributed by atoms with Crippen molar-refractivity contribution in [1.82, 2.24) is 5.32 Å². The van der Waals surface area contributed by atoms with Gasteiger partial charge in [-0.3, -0.25) is 4.79 Å². The van der Waals surface area contributed by atoms with Gasteiger partial charge in [-0.2, -0.15) is 0 Å². The monoisotopic (exact) mass is 340 g/mol. The predicted octanol–water partition coefficient (Wildman–Crippen LogP) is 2.83. The molecule has 1 atom stereocenters. The predicted molar refractivity (Wildman–Crippen MR) is 97.6 cm³/mol. The maximum Gasteiger partial charge on any atom is 0.234 e. The van der Waals surface area contributed by atoms with Crippen LogP contribution in [0.5, 0.6) is 5.75 Å². The van der Waals surface area contributed by atoms with Crippen molar-refractivity contribution in [1.29, 1.82) is 0 Å². The molecule has 0 aliphatic carbocycles. The van der Waals surface area contributed by atoms with E-state index in [-0.39, 0.29) is 5.91 Å². The molecule has 0 aromatic heterocycles. The van der Waals surface area contributed by atoms with Crippen LogP contribution in [-0.4, -0.2) is 32.7 Å². The second-order valence-electron chi connectivity index (χ2n) is 6.39. The van der Waals surface area contributed by atoms with E-state index < -0.39 is 5.41 Å². The molecule has 0 spiro atoms. The van der Waals surface area contributed by atoms with Crippen LogP contribution in [0.3, 0.4) is 0 Å². The average molecular weight is 340 g/mol. The fourth-order valence-corrected chi connectivity index (χ4v) is 3.04. The van der Waals surface area contributed by atoms with E-state index in [9.17, 15) is 4.79 Å². The van der Waals surface area contributed by atoms with Gasteiger partial charge in [0.25, 0.3) is 0 Å². The summed E-state index contributed by atoms with van der Waals surface area (Å²) < 4.78 is 11.0. The third kappa shape index (κ3) is 4.38. The first-order chi connectivity index (χ1) is 12.2. The lowest BCUT2D eigenvalue weighted by Gasteiger charge is -2.26. The third-order valence-electron chi connectivity index (χ3n) is 4.51. The molecular weight excluding hydrogens is 316 g/mol. The Morgan fingerprint density at radius 3 is 2.56 bits per heavy atom. The average Bonchev–Trinajstić information content (AvgIpc) is 3.12. The first-order valence-electron chi connectivity index (χ1n) is 8.50. The van der Waals surface area contributed by atoms with Crippen molar-refractivity contribution in [2.45, 2.75) is 13.0 Å². The molecule has 0 saturated carbocycles. The molecule has 0 bridgehead atoms. The van der Waals surface area contributed by atoms with Crippen LogP contribution in [0.25, 0.3) is 0 Å². The highest BCUT2D eigenvalue weighted by Gasteiger charge is 2.41. The van der Waals surface area contributed by atoms with Crippen LogP contribution in [0.4, 0.5) is 5.69 Å². The number of nitrogens with one attached hydrogen (secondary N) is 2. The maximum atomic E-state index is 12.7. The van der Waals surface area contributed by atoms with Gasteiger partial charge in [0.1, 0.15) is 12.4 Å². The van der Waals surface area contributed by atoms with Gasteiger partial charge in [0.2, 0.25) is 5.91 Å². The molecule has 1 fully saturated rings. The summed E-state index contributed by atoms with van der Waals surface area (Å²) in [4.78, 5) is 12.7. The molecule has 3 rings (SSSR count). The second kappa shape index (κ2) is 8.14. The number of benzene rings is 2. The van der Waals surface area contributed by atoms with E-state index >= 15 is 0 Å². The van der Waals surface area contributed by atoms with Crippen LogP contribution in [0.1, 0.15) is 12.0 Å². The standard InChI is InChI=1S/C20H24N2O3/c1-24-15-20(11-12-21-14-20)19(23)22-17-7-9-18(10-8-17)25-13-16-5-3-2-4-6-16/h2-10,21H,11-15H2,1H3,(H,22,23). The summed E-state index contributed by atoms with van der Waals surface area (Å²) in [5, 5.41) is 6.24.